The van der Waals surface area contributed by atoms with Gasteiger partial charge in [0.2, 0.25) is 11.0 Å². The van der Waals surface area contributed by atoms with E-state index in [-0.39, 0.29) is 11.2 Å². The zero-order valence-corrected chi connectivity index (χ0v) is 14.3. The molecule has 0 aliphatic rings. The predicted molar refractivity (Wildman–Crippen MR) is 89.2 cm³/mol. The smallest absolute Gasteiger partial charge is 0.233 e. The van der Waals surface area contributed by atoms with Crippen molar-refractivity contribution < 1.29 is 9.21 Å². The number of rotatable bonds is 9. The van der Waals surface area contributed by atoms with E-state index in [1.807, 2.05) is 13.0 Å². The fraction of sp³-hybridized carbons (Fsp3) is 0.500. The number of hydrogen-bond donors (Lipinski definition) is 2. The molecule has 0 radical (unpaired) electrons. The molecule has 2 aromatic rings. The topological polar surface area (TPSA) is 80.0 Å². The Labute approximate surface area is 138 Å². The van der Waals surface area contributed by atoms with Crippen molar-refractivity contribution in [3.05, 3.63) is 24.2 Å². The first-order chi connectivity index (χ1) is 10.7. The third-order valence-electron chi connectivity index (χ3n) is 2.88. The summed E-state index contributed by atoms with van der Waals surface area (Å²) in [5.41, 5.74) is 0. The Morgan fingerprint density at radius 2 is 2.36 bits per heavy atom. The average Bonchev–Trinajstić information content (AvgIpc) is 3.17. The highest BCUT2D eigenvalue weighted by Crippen LogP contribution is 2.28. The highest BCUT2D eigenvalue weighted by molar-refractivity contribution is 8.02. The second-order valence-corrected chi connectivity index (χ2v) is 7.28. The maximum atomic E-state index is 12.0. The molecule has 22 heavy (non-hydrogen) atoms. The van der Waals surface area contributed by atoms with Crippen molar-refractivity contribution in [1.29, 1.82) is 0 Å². The van der Waals surface area contributed by atoms with Gasteiger partial charge in [0, 0.05) is 6.54 Å². The van der Waals surface area contributed by atoms with Gasteiger partial charge in [-0.25, -0.2) is 0 Å². The molecular formula is C14H20N4O2S2. The van der Waals surface area contributed by atoms with Crippen LogP contribution in [0.4, 0.5) is 5.13 Å². The van der Waals surface area contributed by atoms with E-state index in [9.17, 15) is 4.79 Å². The fourth-order valence-electron chi connectivity index (χ4n) is 1.64. The zero-order chi connectivity index (χ0) is 15.8. The van der Waals surface area contributed by atoms with E-state index in [4.69, 9.17) is 4.42 Å². The quantitative estimate of drug-likeness (QED) is 0.539. The summed E-state index contributed by atoms with van der Waals surface area (Å²) in [7, 11) is 0. The number of hydrogen-bond acceptors (Lipinski definition) is 7. The number of nitrogens with one attached hydrogen (secondary N) is 2. The van der Waals surface area contributed by atoms with Crippen molar-refractivity contribution in [3.8, 4) is 0 Å². The summed E-state index contributed by atoms with van der Waals surface area (Å²) >= 11 is 2.89. The minimum atomic E-state index is -0.230. The predicted octanol–water partition coefficient (Wildman–Crippen LogP) is 3.14. The van der Waals surface area contributed by atoms with Crippen molar-refractivity contribution in [2.24, 2.45) is 0 Å². The molecular weight excluding hydrogens is 320 g/mol. The number of thioether (sulfide) groups is 1. The van der Waals surface area contributed by atoms with Crippen molar-refractivity contribution >= 4 is 34.1 Å². The number of furan rings is 1. The van der Waals surface area contributed by atoms with Gasteiger partial charge in [-0.05, 0) is 25.5 Å². The molecule has 0 spiro atoms. The number of amides is 1. The van der Waals surface area contributed by atoms with Gasteiger partial charge in [-0.3, -0.25) is 4.79 Å². The second-order valence-electron chi connectivity index (χ2n) is 4.71. The molecule has 8 heteroatoms. The van der Waals surface area contributed by atoms with Crippen LogP contribution < -0.4 is 10.6 Å². The number of aromatic nitrogens is 2. The maximum absolute atomic E-state index is 12.0. The SMILES string of the molecule is CCCCNc1nnc(SC(C)C(=O)NCc2ccco2)s1. The van der Waals surface area contributed by atoms with Crippen LogP contribution in [0, 0.1) is 0 Å². The zero-order valence-electron chi connectivity index (χ0n) is 12.7. The van der Waals surface area contributed by atoms with Gasteiger partial charge in [-0.2, -0.15) is 0 Å². The Morgan fingerprint density at radius 1 is 1.50 bits per heavy atom. The van der Waals surface area contributed by atoms with Crippen LogP contribution in [0.3, 0.4) is 0 Å². The van der Waals surface area contributed by atoms with Crippen molar-refractivity contribution in [2.75, 3.05) is 11.9 Å². The van der Waals surface area contributed by atoms with Gasteiger partial charge >= 0.3 is 0 Å². The van der Waals surface area contributed by atoms with Crippen LogP contribution in [-0.2, 0) is 11.3 Å². The van der Waals surface area contributed by atoms with E-state index >= 15 is 0 Å². The fourth-order valence-corrected chi connectivity index (χ4v) is 3.58. The molecule has 0 aliphatic carbocycles. The molecule has 2 heterocycles. The summed E-state index contributed by atoms with van der Waals surface area (Å²) in [5, 5.41) is 14.8. The highest BCUT2D eigenvalue weighted by atomic mass is 32.2. The number of carbonyl (C=O) groups excluding carboxylic acids is 1. The van der Waals surface area contributed by atoms with Gasteiger partial charge in [0.1, 0.15) is 5.76 Å². The van der Waals surface area contributed by atoms with Gasteiger partial charge in [-0.1, -0.05) is 36.4 Å². The molecule has 0 saturated carbocycles. The largest absolute Gasteiger partial charge is 0.467 e. The molecule has 0 bridgehead atoms. The molecule has 1 amide bonds. The highest BCUT2D eigenvalue weighted by Gasteiger charge is 2.17. The van der Waals surface area contributed by atoms with Crippen LogP contribution in [0.5, 0.6) is 0 Å². The standard InChI is InChI=1S/C14H20N4O2S2/c1-3-4-7-15-13-17-18-14(22-13)21-10(2)12(19)16-9-11-6-5-8-20-11/h5-6,8,10H,3-4,7,9H2,1-2H3,(H,15,17)(H,16,19). The van der Waals surface area contributed by atoms with Crippen molar-refractivity contribution in [2.45, 2.75) is 42.8 Å². The van der Waals surface area contributed by atoms with E-state index in [1.54, 1.807) is 12.3 Å². The Balaban J connectivity index is 1.75. The molecule has 0 fully saturated rings. The Hall–Kier alpha value is -1.54. The summed E-state index contributed by atoms with van der Waals surface area (Å²) in [5.74, 6) is 0.695. The molecule has 1 atom stereocenters. The number of nitrogens with zero attached hydrogens (tertiary/aromatic N) is 2. The summed E-state index contributed by atoms with van der Waals surface area (Å²) in [6.45, 7) is 5.30. The third kappa shape index (κ3) is 5.34. The van der Waals surface area contributed by atoms with Gasteiger partial charge < -0.3 is 15.1 Å². The first-order valence-electron chi connectivity index (χ1n) is 7.23. The lowest BCUT2D eigenvalue weighted by atomic mass is 10.3. The molecule has 120 valence electrons. The Morgan fingerprint density at radius 3 is 3.09 bits per heavy atom. The van der Waals surface area contributed by atoms with Crippen LogP contribution >= 0.6 is 23.1 Å². The van der Waals surface area contributed by atoms with E-state index < -0.39 is 0 Å². The molecule has 0 saturated heterocycles. The van der Waals surface area contributed by atoms with Crippen molar-refractivity contribution in [3.63, 3.8) is 0 Å². The average molecular weight is 340 g/mol. The van der Waals surface area contributed by atoms with Crippen LogP contribution in [0.25, 0.3) is 0 Å². The van der Waals surface area contributed by atoms with Crippen LogP contribution in [0.15, 0.2) is 27.2 Å². The summed E-state index contributed by atoms with van der Waals surface area (Å²) in [6, 6.07) is 3.63. The van der Waals surface area contributed by atoms with Gasteiger partial charge in [-0.15, -0.1) is 10.2 Å². The van der Waals surface area contributed by atoms with Crippen molar-refractivity contribution in [1.82, 2.24) is 15.5 Å². The summed E-state index contributed by atoms with van der Waals surface area (Å²) in [6.07, 6.45) is 3.84. The molecule has 2 N–H and O–H groups in total. The first-order valence-corrected chi connectivity index (χ1v) is 8.92. The lowest BCUT2D eigenvalue weighted by Gasteiger charge is -2.08. The van der Waals surface area contributed by atoms with Crippen LogP contribution in [-0.4, -0.2) is 27.9 Å². The lowest BCUT2D eigenvalue weighted by Crippen LogP contribution is -2.30. The van der Waals surface area contributed by atoms with E-state index in [0.717, 1.165) is 34.6 Å². The minimum absolute atomic E-state index is 0.0444. The molecule has 1 unspecified atom stereocenters. The van der Waals surface area contributed by atoms with E-state index in [1.165, 1.54) is 23.1 Å². The van der Waals surface area contributed by atoms with Crippen LogP contribution in [0.2, 0.25) is 0 Å². The van der Waals surface area contributed by atoms with Gasteiger partial charge in [0.05, 0.1) is 18.1 Å². The lowest BCUT2D eigenvalue weighted by molar-refractivity contribution is -0.120. The summed E-state index contributed by atoms with van der Waals surface area (Å²) in [4.78, 5) is 12.0. The Bertz CT molecular complexity index is 571. The van der Waals surface area contributed by atoms with E-state index in [2.05, 4.69) is 27.8 Å². The third-order valence-corrected chi connectivity index (χ3v) is 4.94. The minimum Gasteiger partial charge on any atom is -0.467 e. The first kappa shape index (κ1) is 16.8. The molecule has 6 nitrogen and oxygen atoms in total. The van der Waals surface area contributed by atoms with E-state index in [0.29, 0.717) is 6.54 Å². The Kier molecular flexibility index (Phi) is 6.73. The normalized spacial score (nSPS) is 12.1. The molecule has 2 aromatic heterocycles. The van der Waals surface area contributed by atoms with Gasteiger partial charge in [0.25, 0.3) is 0 Å². The number of unbranched alkanes of at least 4 members (excludes halogenated alkanes) is 1. The van der Waals surface area contributed by atoms with Gasteiger partial charge in [0.15, 0.2) is 4.34 Å². The maximum Gasteiger partial charge on any atom is 0.233 e. The molecule has 0 aliphatic heterocycles. The molecule has 2 rings (SSSR count). The summed E-state index contributed by atoms with van der Waals surface area (Å²) < 4.78 is 5.97. The monoisotopic (exact) mass is 340 g/mol. The number of carbonyl (C=O) groups is 1. The van der Waals surface area contributed by atoms with Crippen LogP contribution in [0.1, 0.15) is 32.4 Å². The molecule has 0 aromatic carbocycles. The number of anilines is 1. The second kappa shape index (κ2) is 8.79.